The third-order valence-corrected chi connectivity index (χ3v) is 5.64. The highest BCUT2D eigenvalue weighted by Crippen LogP contribution is 2.30. The standard InChI is InChI=1S/C21H19F3N2O2S/c1-3-14-10-16(12(2)26-19(14)27)17-8-9-18(29-17)20(28)25-11-13-4-6-15(7-5-13)21(22,23)24/h4-10H,3,11H2,1-2H3,(H,25,28)(H,26,27). The summed E-state index contributed by atoms with van der Waals surface area (Å²) < 4.78 is 37.8. The van der Waals surface area contributed by atoms with Crippen LogP contribution in [0.15, 0.2) is 47.3 Å². The van der Waals surface area contributed by atoms with E-state index in [2.05, 4.69) is 10.3 Å². The molecule has 0 saturated carbocycles. The summed E-state index contributed by atoms with van der Waals surface area (Å²) in [5.41, 5.74) is 2.01. The molecule has 0 spiro atoms. The van der Waals surface area contributed by atoms with Crippen LogP contribution >= 0.6 is 11.3 Å². The van der Waals surface area contributed by atoms with Crippen molar-refractivity contribution in [3.63, 3.8) is 0 Å². The van der Waals surface area contributed by atoms with Gasteiger partial charge in [-0.05, 0) is 49.2 Å². The van der Waals surface area contributed by atoms with Crippen molar-refractivity contribution in [3.8, 4) is 10.4 Å². The minimum atomic E-state index is -4.38. The van der Waals surface area contributed by atoms with Crippen LogP contribution in [0.3, 0.4) is 0 Å². The van der Waals surface area contributed by atoms with Crippen molar-refractivity contribution in [1.29, 1.82) is 0 Å². The summed E-state index contributed by atoms with van der Waals surface area (Å²) in [4.78, 5) is 28.5. The van der Waals surface area contributed by atoms with Gasteiger partial charge in [0.05, 0.1) is 10.4 Å². The number of benzene rings is 1. The van der Waals surface area contributed by atoms with Crippen molar-refractivity contribution in [2.24, 2.45) is 0 Å². The quantitative estimate of drug-likeness (QED) is 0.615. The molecule has 0 fully saturated rings. The first-order valence-electron chi connectivity index (χ1n) is 8.96. The summed E-state index contributed by atoms with van der Waals surface area (Å²) in [5.74, 6) is -0.307. The minimum absolute atomic E-state index is 0.111. The van der Waals surface area contributed by atoms with E-state index in [0.717, 1.165) is 28.3 Å². The lowest BCUT2D eigenvalue weighted by atomic mass is 10.1. The van der Waals surface area contributed by atoms with Crippen molar-refractivity contribution in [1.82, 2.24) is 10.3 Å². The molecule has 4 nitrogen and oxygen atoms in total. The summed E-state index contributed by atoms with van der Waals surface area (Å²) >= 11 is 1.29. The number of nitrogens with one attached hydrogen (secondary N) is 2. The molecule has 152 valence electrons. The number of aromatic amines is 1. The Hall–Kier alpha value is -2.87. The summed E-state index contributed by atoms with van der Waals surface area (Å²) in [5, 5.41) is 2.72. The lowest BCUT2D eigenvalue weighted by Gasteiger charge is -2.08. The maximum absolute atomic E-state index is 12.6. The molecule has 0 unspecified atom stereocenters. The van der Waals surface area contributed by atoms with Crippen molar-refractivity contribution in [2.75, 3.05) is 0 Å². The number of rotatable bonds is 5. The van der Waals surface area contributed by atoms with Gasteiger partial charge in [-0.25, -0.2) is 0 Å². The zero-order valence-corrected chi connectivity index (χ0v) is 16.6. The van der Waals surface area contributed by atoms with Gasteiger partial charge in [0.15, 0.2) is 0 Å². The number of carbonyl (C=O) groups excluding carboxylic acids is 1. The van der Waals surface area contributed by atoms with Crippen LogP contribution in [0.4, 0.5) is 13.2 Å². The van der Waals surface area contributed by atoms with E-state index in [1.54, 1.807) is 13.0 Å². The molecule has 0 atom stereocenters. The van der Waals surface area contributed by atoms with E-state index in [1.807, 2.05) is 19.1 Å². The van der Waals surface area contributed by atoms with Gasteiger partial charge >= 0.3 is 6.18 Å². The second-order valence-electron chi connectivity index (χ2n) is 6.56. The monoisotopic (exact) mass is 420 g/mol. The minimum Gasteiger partial charge on any atom is -0.347 e. The van der Waals surface area contributed by atoms with Crippen molar-refractivity contribution in [3.05, 3.63) is 80.1 Å². The maximum atomic E-state index is 12.6. The number of hydrogen-bond acceptors (Lipinski definition) is 3. The Morgan fingerprint density at radius 1 is 1.14 bits per heavy atom. The number of halogens is 3. The number of hydrogen-bond donors (Lipinski definition) is 2. The average molecular weight is 420 g/mol. The zero-order chi connectivity index (χ0) is 21.2. The second-order valence-corrected chi connectivity index (χ2v) is 7.64. The predicted octanol–water partition coefficient (Wildman–Crippen LogP) is 4.92. The van der Waals surface area contributed by atoms with Gasteiger partial charge in [0.1, 0.15) is 0 Å². The van der Waals surface area contributed by atoms with Crippen LogP contribution in [-0.2, 0) is 19.1 Å². The maximum Gasteiger partial charge on any atom is 0.416 e. The molecule has 2 N–H and O–H groups in total. The van der Waals surface area contributed by atoms with E-state index >= 15 is 0 Å². The Morgan fingerprint density at radius 3 is 2.45 bits per heavy atom. The molecule has 0 aliphatic rings. The van der Waals surface area contributed by atoms with Crippen LogP contribution in [0.5, 0.6) is 0 Å². The fraction of sp³-hybridized carbons (Fsp3) is 0.238. The largest absolute Gasteiger partial charge is 0.416 e. The Labute approximate surface area is 169 Å². The van der Waals surface area contributed by atoms with Crippen LogP contribution in [0, 0.1) is 6.92 Å². The molecule has 2 aromatic heterocycles. The van der Waals surface area contributed by atoms with Gasteiger partial charge in [-0.2, -0.15) is 13.2 Å². The van der Waals surface area contributed by atoms with Crippen LogP contribution in [-0.4, -0.2) is 10.9 Å². The van der Waals surface area contributed by atoms with Gasteiger partial charge in [0.25, 0.3) is 11.5 Å². The van der Waals surface area contributed by atoms with Gasteiger partial charge < -0.3 is 10.3 Å². The smallest absolute Gasteiger partial charge is 0.347 e. The third-order valence-electron chi connectivity index (χ3n) is 4.53. The molecule has 0 saturated heterocycles. The number of carbonyl (C=O) groups is 1. The number of amides is 1. The van der Waals surface area contributed by atoms with Gasteiger partial charge in [-0.1, -0.05) is 19.1 Å². The first-order chi connectivity index (χ1) is 13.7. The molecule has 2 heterocycles. The van der Waals surface area contributed by atoms with E-state index in [-0.39, 0.29) is 18.0 Å². The van der Waals surface area contributed by atoms with E-state index < -0.39 is 11.7 Å². The molecular weight excluding hydrogens is 401 g/mol. The first-order valence-corrected chi connectivity index (χ1v) is 9.78. The second kappa shape index (κ2) is 8.24. The Balaban J connectivity index is 1.71. The van der Waals surface area contributed by atoms with Gasteiger partial charge in [-0.3, -0.25) is 9.59 Å². The van der Waals surface area contributed by atoms with Crippen LogP contribution in [0.2, 0.25) is 0 Å². The summed E-state index contributed by atoms with van der Waals surface area (Å²) in [6, 6.07) is 10.0. The highest BCUT2D eigenvalue weighted by Gasteiger charge is 2.29. The van der Waals surface area contributed by atoms with Gasteiger partial charge in [0.2, 0.25) is 0 Å². The fourth-order valence-electron chi connectivity index (χ4n) is 2.87. The number of aromatic nitrogens is 1. The Bertz CT molecular complexity index is 1080. The third kappa shape index (κ3) is 4.76. The summed E-state index contributed by atoms with van der Waals surface area (Å²) in [7, 11) is 0. The van der Waals surface area contributed by atoms with Crippen molar-refractivity contribution in [2.45, 2.75) is 33.0 Å². The normalized spacial score (nSPS) is 11.5. The number of thiophene rings is 1. The number of alkyl halides is 3. The number of pyridine rings is 1. The SMILES string of the molecule is CCc1cc(-c2ccc(C(=O)NCc3ccc(C(F)(F)F)cc3)s2)c(C)[nH]c1=O. The molecule has 0 bridgehead atoms. The Kier molecular flexibility index (Phi) is 5.93. The van der Waals surface area contributed by atoms with Crippen LogP contribution in [0.1, 0.15) is 39.0 Å². The first kappa shape index (κ1) is 20.9. The molecule has 3 rings (SSSR count). The van der Waals surface area contributed by atoms with E-state index in [4.69, 9.17) is 0 Å². The van der Waals surface area contributed by atoms with E-state index in [0.29, 0.717) is 22.4 Å². The number of aryl methyl sites for hydroxylation is 2. The number of H-pyrrole nitrogens is 1. The lowest BCUT2D eigenvalue weighted by molar-refractivity contribution is -0.137. The van der Waals surface area contributed by atoms with Crippen LogP contribution in [0.25, 0.3) is 10.4 Å². The molecule has 3 aromatic rings. The highest BCUT2D eigenvalue weighted by atomic mass is 32.1. The van der Waals surface area contributed by atoms with Gasteiger partial charge in [0, 0.05) is 28.2 Å². The topological polar surface area (TPSA) is 62.0 Å². The predicted molar refractivity (Wildman–Crippen MR) is 107 cm³/mol. The van der Waals surface area contributed by atoms with Gasteiger partial charge in [-0.15, -0.1) is 11.3 Å². The van der Waals surface area contributed by atoms with E-state index in [1.165, 1.54) is 23.5 Å². The lowest BCUT2D eigenvalue weighted by Crippen LogP contribution is -2.21. The molecule has 1 amide bonds. The molecule has 0 radical (unpaired) electrons. The summed E-state index contributed by atoms with van der Waals surface area (Å²) in [6.07, 6.45) is -3.78. The molecule has 29 heavy (non-hydrogen) atoms. The molecular formula is C21H19F3N2O2S. The Morgan fingerprint density at radius 2 is 1.83 bits per heavy atom. The zero-order valence-electron chi connectivity index (χ0n) is 15.8. The molecule has 1 aromatic carbocycles. The van der Waals surface area contributed by atoms with E-state index in [9.17, 15) is 22.8 Å². The van der Waals surface area contributed by atoms with Crippen molar-refractivity contribution < 1.29 is 18.0 Å². The molecule has 8 heteroatoms. The average Bonchev–Trinajstić information content (AvgIpc) is 3.16. The van der Waals surface area contributed by atoms with Crippen LogP contribution < -0.4 is 10.9 Å². The van der Waals surface area contributed by atoms with Crippen molar-refractivity contribution >= 4 is 17.2 Å². The highest BCUT2D eigenvalue weighted by molar-refractivity contribution is 7.17. The molecule has 0 aliphatic carbocycles. The molecule has 0 aliphatic heterocycles. The summed E-state index contributed by atoms with van der Waals surface area (Å²) in [6.45, 7) is 3.83. The fourth-order valence-corrected chi connectivity index (χ4v) is 3.87.